The average Bonchev–Trinajstić information content (AvgIpc) is 3.04. The maximum atomic E-state index is 12.6. The third kappa shape index (κ3) is 3.51. The van der Waals surface area contributed by atoms with E-state index in [0.717, 1.165) is 15.6 Å². The van der Waals surface area contributed by atoms with Crippen molar-refractivity contribution in [2.45, 2.75) is 11.8 Å². The number of esters is 1. The molecule has 0 saturated heterocycles. The molecule has 3 rings (SSSR count). The number of carbonyl (C=O) groups excluding carboxylic acids is 1. The predicted molar refractivity (Wildman–Crippen MR) is 102 cm³/mol. The minimum Gasteiger partial charge on any atom is -0.496 e. The smallest absolute Gasteiger partial charge is 0.348 e. The van der Waals surface area contributed by atoms with Crippen LogP contribution in [0, 0.1) is 6.92 Å². The Bertz CT molecular complexity index is 1090. The SMILES string of the molecule is COC(=O)c1cc2cc(NS(=O)(=O)c3ccc(OC)c(C)c3)ccc2s1. The number of ether oxygens (including phenoxy) is 2. The standard InChI is InChI=1S/C18H17NO5S2/c1-11-8-14(5-6-15(11)23-2)26(21,22)19-13-4-7-16-12(9-13)10-17(25-16)18(20)24-3/h4-10,19H,1-3H3. The Morgan fingerprint density at radius 1 is 1.08 bits per heavy atom. The van der Waals surface area contributed by atoms with E-state index in [4.69, 9.17) is 9.47 Å². The number of anilines is 1. The largest absolute Gasteiger partial charge is 0.496 e. The van der Waals surface area contributed by atoms with Gasteiger partial charge in [-0.05, 0) is 60.3 Å². The summed E-state index contributed by atoms with van der Waals surface area (Å²) in [5.41, 5.74) is 1.14. The first-order valence-electron chi connectivity index (χ1n) is 7.63. The molecule has 0 spiro atoms. The van der Waals surface area contributed by atoms with E-state index in [9.17, 15) is 13.2 Å². The van der Waals surface area contributed by atoms with Crippen LogP contribution in [0.5, 0.6) is 5.75 Å². The zero-order chi connectivity index (χ0) is 18.9. The highest BCUT2D eigenvalue weighted by Crippen LogP contribution is 2.30. The fraction of sp³-hybridized carbons (Fsp3) is 0.167. The number of hydrogen-bond donors (Lipinski definition) is 1. The van der Waals surface area contributed by atoms with E-state index in [-0.39, 0.29) is 4.90 Å². The van der Waals surface area contributed by atoms with Crippen LogP contribution in [-0.2, 0) is 14.8 Å². The molecule has 1 heterocycles. The number of nitrogens with one attached hydrogen (secondary N) is 1. The first kappa shape index (κ1) is 18.2. The Hall–Kier alpha value is -2.58. The molecule has 136 valence electrons. The van der Waals surface area contributed by atoms with Crippen LogP contribution in [0.15, 0.2) is 47.4 Å². The van der Waals surface area contributed by atoms with E-state index in [0.29, 0.717) is 16.3 Å². The summed E-state index contributed by atoms with van der Waals surface area (Å²) in [7, 11) is -0.880. The summed E-state index contributed by atoms with van der Waals surface area (Å²) < 4.78 is 38.6. The van der Waals surface area contributed by atoms with Crippen molar-refractivity contribution in [3.63, 3.8) is 0 Å². The normalized spacial score (nSPS) is 11.3. The molecule has 6 nitrogen and oxygen atoms in total. The average molecular weight is 391 g/mol. The molecule has 0 amide bonds. The molecular weight excluding hydrogens is 374 g/mol. The topological polar surface area (TPSA) is 81.7 Å². The molecule has 2 aromatic carbocycles. The Labute approximate surface area is 155 Å². The van der Waals surface area contributed by atoms with Crippen molar-refractivity contribution < 1.29 is 22.7 Å². The third-order valence-corrected chi connectivity index (χ3v) is 6.31. The van der Waals surface area contributed by atoms with E-state index in [1.807, 2.05) is 0 Å². The number of benzene rings is 2. The Kier molecular flexibility index (Phi) is 4.88. The van der Waals surface area contributed by atoms with Crippen LogP contribution in [0.25, 0.3) is 10.1 Å². The van der Waals surface area contributed by atoms with Crippen LogP contribution in [0.1, 0.15) is 15.2 Å². The van der Waals surface area contributed by atoms with Crippen LogP contribution in [0.4, 0.5) is 5.69 Å². The predicted octanol–water partition coefficient (Wildman–Crippen LogP) is 3.81. The van der Waals surface area contributed by atoms with Gasteiger partial charge in [-0.25, -0.2) is 13.2 Å². The van der Waals surface area contributed by atoms with E-state index in [1.54, 1.807) is 43.3 Å². The second kappa shape index (κ2) is 6.97. The number of carbonyl (C=O) groups is 1. The van der Waals surface area contributed by atoms with Crippen molar-refractivity contribution >= 4 is 43.1 Å². The maximum absolute atomic E-state index is 12.6. The van der Waals surface area contributed by atoms with E-state index >= 15 is 0 Å². The second-order valence-corrected chi connectivity index (χ2v) is 8.36. The van der Waals surface area contributed by atoms with Crippen LogP contribution in [0.3, 0.4) is 0 Å². The first-order chi connectivity index (χ1) is 12.3. The summed E-state index contributed by atoms with van der Waals surface area (Å²) in [4.78, 5) is 12.2. The fourth-order valence-corrected chi connectivity index (χ4v) is 4.64. The molecule has 1 aromatic heterocycles. The summed E-state index contributed by atoms with van der Waals surface area (Å²) in [6.45, 7) is 1.78. The number of aryl methyl sites for hydroxylation is 1. The molecule has 0 bridgehead atoms. The van der Waals surface area contributed by atoms with Crippen molar-refractivity contribution in [3.8, 4) is 5.75 Å². The van der Waals surface area contributed by atoms with Crippen molar-refractivity contribution in [2.75, 3.05) is 18.9 Å². The molecular formula is C18H17NO5S2. The van der Waals surface area contributed by atoms with E-state index < -0.39 is 16.0 Å². The summed E-state index contributed by atoms with van der Waals surface area (Å²) in [5.74, 6) is 0.209. The molecule has 0 unspecified atom stereocenters. The summed E-state index contributed by atoms with van der Waals surface area (Å²) in [6, 6.07) is 11.5. The second-order valence-electron chi connectivity index (χ2n) is 5.59. The van der Waals surface area contributed by atoms with Gasteiger partial charge in [-0.15, -0.1) is 11.3 Å². The van der Waals surface area contributed by atoms with Crippen molar-refractivity contribution in [1.82, 2.24) is 0 Å². The van der Waals surface area contributed by atoms with Gasteiger partial charge in [0.1, 0.15) is 10.6 Å². The lowest BCUT2D eigenvalue weighted by Gasteiger charge is -2.10. The van der Waals surface area contributed by atoms with Crippen LogP contribution in [0.2, 0.25) is 0 Å². The zero-order valence-corrected chi connectivity index (χ0v) is 16.0. The van der Waals surface area contributed by atoms with Crippen molar-refractivity contribution in [3.05, 3.63) is 52.9 Å². The Morgan fingerprint density at radius 3 is 2.50 bits per heavy atom. The molecule has 0 saturated carbocycles. The lowest BCUT2D eigenvalue weighted by Crippen LogP contribution is -2.13. The van der Waals surface area contributed by atoms with Gasteiger partial charge in [0.25, 0.3) is 10.0 Å². The summed E-state index contributed by atoms with van der Waals surface area (Å²) in [6.07, 6.45) is 0. The van der Waals surface area contributed by atoms with Crippen LogP contribution >= 0.6 is 11.3 Å². The number of sulfonamides is 1. The monoisotopic (exact) mass is 391 g/mol. The van der Waals surface area contributed by atoms with Crippen LogP contribution < -0.4 is 9.46 Å². The minimum absolute atomic E-state index is 0.150. The lowest BCUT2D eigenvalue weighted by molar-refractivity contribution is 0.0606. The maximum Gasteiger partial charge on any atom is 0.348 e. The highest BCUT2D eigenvalue weighted by atomic mass is 32.2. The molecule has 0 aliphatic heterocycles. The third-order valence-electron chi connectivity index (χ3n) is 3.83. The Morgan fingerprint density at radius 2 is 1.85 bits per heavy atom. The van der Waals surface area contributed by atoms with E-state index in [1.165, 1.54) is 31.6 Å². The molecule has 0 atom stereocenters. The van der Waals surface area contributed by atoms with Gasteiger partial charge in [-0.1, -0.05) is 0 Å². The van der Waals surface area contributed by atoms with Crippen LogP contribution in [-0.4, -0.2) is 28.6 Å². The molecule has 8 heteroatoms. The highest BCUT2D eigenvalue weighted by molar-refractivity contribution is 7.92. The molecule has 1 N–H and O–H groups in total. The summed E-state index contributed by atoms with van der Waals surface area (Å²) >= 11 is 1.29. The molecule has 0 fully saturated rings. The van der Waals surface area contributed by atoms with Gasteiger partial charge in [0, 0.05) is 10.4 Å². The van der Waals surface area contributed by atoms with Gasteiger partial charge in [-0.3, -0.25) is 4.72 Å². The van der Waals surface area contributed by atoms with Gasteiger partial charge >= 0.3 is 5.97 Å². The van der Waals surface area contributed by atoms with Crippen molar-refractivity contribution in [2.24, 2.45) is 0 Å². The number of rotatable bonds is 5. The van der Waals surface area contributed by atoms with Gasteiger partial charge in [0.15, 0.2) is 0 Å². The quantitative estimate of drug-likeness (QED) is 0.669. The van der Waals surface area contributed by atoms with Gasteiger partial charge in [0.2, 0.25) is 0 Å². The number of methoxy groups -OCH3 is 2. The molecule has 0 radical (unpaired) electrons. The van der Waals surface area contributed by atoms with Gasteiger partial charge in [0.05, 0.1) is 19.1 Å². The number of fused-ring (bicyclic) bond motifs is 1. The summed E-state index contributed by atoms with van der Waals surface area (Å²) in [5, 5.41) is 0.765. The number of thiophene rings is 1. The van der Waals surface area contributed by atoms with Gasteiger partial charge in [-0.2, -0.15) is 0 Å². The number of hydrogen-bond acceptors (Lipinski definition) is 6. The fourth-order valence-electron chi connectivity index (χ4n) is 2.54. The first-order valence-corrected chi connectivity index (χ1v) is 9.93. The van der Waals surface area contributed by atoms with Crippen molar-refractivity contribution in [1.29, 1.82) is 0 Å². The Balaban J connectivity index is 1.91. The molecule has 3 aromatic rings. The molecule has 0 aliphatic rings. The zero-order valence-electron chi connectivity index (χ0n) is 14.4. The van der Waals surface area contributed by atoms with Gasteiger partial charge < -0.3 is 9.47 Å². The lowest BCUT2D eigenvalue weighted by atomic mass is 10.2. The molecule has 0 aliphatic carbocycles. The van der Waals surface area contributed by atoms with E-state index in [2.05, 4.69) is 4.72 Å². The molecule has 26 heavy (non-hydrogen) atoms. The minimum atomic E-state index is -3.74. The highest BCUT2D eigenvalue weighted by Gasteiger charge is 2.17.